The van der Waals surface area contributed by atoms with Gasteiger partial charge in [-0.2, -0.15) is 0 Å². The fourth-order valence-electron chi connectivity index (χ4n) is 3.59. The summed E-state index contributed by atoms with van der Waals surface area (Å²) < 4.78 is 5.71. The minimum atomic E-state index is 0.0320. The third-order valence-corrected chi connectivity index (χ3v) is 5.33. The number of carbonyl (C=O) groups excluding carboxylic acids is 2. The van der Waals surface area contributed by atoms with Gasteiger partial charge in [0.15, 0.2) is 5.78 Å². The van der Waals surface area contributed by atoms with E-state index in [0.717, 1.165) is 30.9 Å². The van der Waals surface area contributed by atoms with Crippen LogP contribution in [0.2, 0.25) is 0 Å². The van der Waals surface area contributed by atoms with E-state index in [1.54, 1.807) is 0 Å². The summed E-state index contributed by atoms with van der Waals surface area (Å²) in [6.45, 7) is 8.53. The molecule has 0 radical (unpaired) electrons. The van der Waals surface area contributed by atoms with Crippen LogP contribution in [0.15, 0.2) is 48.5 Å². The van der Waals surface area contributed by atoms with E-state index in [2.05, 4.69) is 11.0 Å². The van der Waals surface area contributed by atoms with Gasteiger partial charge >= 0.3 is 0 Å². The smallest absolute Gasteiger partial charge is 0.223 e. The molecule has 1 saturated heterocycles. The summed E-state index contributed by atoms with van der Waals surface area (Å²) in [6.07, 6.45) is 0.545. The number of ether oxygens (including phenoxy) is 1. The molecule has 1 amide bonds. The zero-order valence-corrected chi connectivity index (χ0v) is 17.4. The summed E-state index contributed by atoms with van der Waals surface area (Å²) in [5.41, 5.74) is 2.98. The third kappa shape index (κ3) is 5.91. The first-order valence-corrected chi connectivity index (χ1v) is 10.4. The SMILES string of the molecule is CCOc1ccccc1CN1CCN(C(=O)CCC(=O)c2ccc(C)cc2)CC1. The molecule has 0 atom stereocenters. The molecule has 0 N–H and O–H groups in total. The molecule has 2 aromatic rings. The van der Waals surface area contributed by atoms with Gasteiger partial charge in [-0.1, -0.05) is 48.0 Å². The van der Waals surface area contributed by atoms with Crippen molar-refractivity contribution in [3.05, 3.63) is 65.2 Å². The number of Topliss-reactive ketones (excluding diaryl/α,β-unsaturated/α-hetero) is 1. The lowest BCUT2D eigenvalue weighted by molar-refractivity contribution is -0.133. The molecule has 0 spiro atoms. The first kappa shape index (κ1) is 21.1. The van der Waals surface area contributed by atoms with Crippen molar-refractivity contribution >= 4 is 11.7 Å². The minimum absolute atomic E-state index is 0.0320. The Balaban J connectivity index is 1.45. The molecule has 0 aliphatic carbocycles. The van der Waals surface area contributed by atoms with Crippen molar-refractivity contribution < 1.29 is 14.3 Å². The quantitative estimate of drug-likeness (QED) is 0.641. The Morgan fingerprint density at radius 3 is 2.31 bits per heavy atom. The van der Waals surface area contributed by atoms with Crippen molar-refractivity contribution in [1.29, 1.82) is 0 Å². The zero-order chi connectivity index (χ0) is 20.6. The number of carbonyl (C=O) groups is 2. The topological polar surface area (TPSA) is 49.9 Å². The molecule has 0 unspecified atom stereocenters. The maximum Gasteiger partial charge on any atom is 0.223 e. The highest BCUT2D eigenvalue weighted by Gasteiger charge is 2.22. The second-order valence-electron chi connectivity index (χ2n) is 7.49. The van der Waals surface area contributed by atoms with Gasteiger partial charge in [0.05, 0.1) is 6.61 Å². The van der Waals surface area contributed by atoms with Crippen LogP contribution in [-0.4, -0.2) is 54.3 Å². The van der Waals surface area contributed by atoms with Crippen molar-refractivity contribution in [3.63, 3.8) is 0 Å². The number of rotatable bonds is 8. The first-order chi connectivity index (χ1) is 14.1. The average molecular weight is 395 g/mol. The van der Waals surface area contributed by atoms with Crippen LogP contribution in [0.1, 0.15) is 41.3 Å². The van der Waals surface area contributed by atoms with Gasteiger partial charge < -0.3 is 9.64 Å². The Bertz CT molecular complexity index is 824. The van der Waals surface area contributed by atoms with E-state index >= 15 is 0 Å². The van der Waals surface area contributed by atoms with Crippen LogP contribution in [0, 0.1) is 6.92 Å². The third-order valence-electron chi connectivity index (χ3n) is 5.33. The molecule has 5 nitrogen and oxygen atoms in total. The molecule has 1 aliphatic rings. The maximum atomic E-state index is 12.5. The van der Waals surface area contributed by atoms with Crippen LogP contribution in [0.5, 0.6) is 5.75 Å². The van der Waals surface area contributed by atoms with Crippen LogP contribution in [0.25, 0.3) is 0 Å². The number of nitrogens with zero attached hydrogens (tertiary/aromatic N) is 2. The van der Waals surface area contributed by atoms with E-state index in [1.165, 1.54) is 5.56 Å². The number of hydrogen-bond acceptors (Lipinski definition) is 4. The standard InChI is InChI=1S/C24H30N2O3/c1-3-29-23-7-5-4-6-21(23)18-25-14-16-26(17-15-25)24(28)13-12-22(27)20-10-8-19(2)9-11-20/h4-11H,3,12-18H2,1-2H3. The Labute approximate surface area is 173 Å². The number of benzene rings is 2. The molecular formula is C24H30N2O3. The van der Waals surface area contributed by atoms with Crippen molar-refractivity contribution in [3.8, 4) is 5.75 Å². The molecule has 5 heteroatoms. The van der Waals surface area contributed by atoms with Crippen LogP contribution in [-0.2, 0) is 11.3 Å². The van der Waals surface area contributed by atoms with Crippen LogP contribution in [0.4, 0.5) is 0 Å². The molecule has 0 aromatic heterocycles. The highest BCUT2D eigenvalue weighted by Crippen LogP contribution is 2.20. The number of hydrogen-bond donors (Lipinski definition) is 0. The van der Waals surface area contributed by atoms with E-state index in [0.29, 0.717) is 25.3 Å². The highest BCUT2D eigenvalue weighted by atomic mass is 16.5. The van der Waals surface area contributed by atoms with E-state index in [4.69, 9.17) is 4.74 Å². The average Bonchev–Trinajstić information content (AvgIpc) is 2.74. The Hall–Kier alpha value is -2.66. The number of aryl methyl sites for hydroxylation is 1. The van der Waals surface area contributed by atoms with Gasteiger partial charge in [-0.15, -0.1) is 0 Å². The minimum Gasteiger partial charge on any atom is -0.494 e. The molecule has 29 heavy (non-hydrogen) atoms. The molecule has 1 aliphatic heterocycles. The summed E-state index contributed by atoms with van der Waals surface area (Å²) in [4.78, 5) is 29.0. The van der Waals surface area contributed by atoms with Gasteiger partial charge in [0, 0.05) is 56.7 Å². The van der Waals surface area contributed by atoms with Gasteiger partial charge in [-0.25, -0.2) is 0 Å². The predicted octanol–water partition coefficient (Wildman–Crippen LogP) is 3.70. The lowest BCUT2D eigenvalue weighted by atomic mass is 10.0. The lowest BCUT2D eigenvalue weighted by Gasteiger charge is -2.35. The van der Waals surface area contributed by atoms with E-state index in [-0.39, 0.29) is 24.5 Å². The fraction of sp³-hybridized carbons (Fsp3) is 0.417. The summed E-state index contributed by atoms with van der Waals surface area (Å²) >= 11 is 0. The number of amides is 1. The Morgan fingerprint density at radius 1 is 0.931 bits per heavy atom. The molecule has 3 rings (SSSR count). The number of ketones is 1. The molecular weight excluding hydrogens is 364 g/mol. The van der Waals surface area contributed by atoms with E-state index in [9.17, 15) is 9.59 Å². The summed E-state index contributed by atoms with van der Waals surface area (Å²) in [7, 11) is 0. The fourth-order valence-corrected chi connectivity index (χ4v) is 3.59. The Morgan fingerprint density at radius 2 is 1.62 bits per heavy atom. The monoisotopic (exact) mass is 394 g/mol. The molecule has 2 aromatic carbocycles. The van der Waals surface area contributed by atoms with Gasteiger partial charge in [0.1, 0.15) is 5.75 Å². The predicted molar refractivity (Wildman–Crippen MR) is 114 cm³/mol. The van der Waals surface area contributed by atoms with Gasteiger partial charge in [0.2, 0.25) is 5.91 Å². The van der Waals surface area contributed by atoms with Crippen molar-refractivity contribution in [2.24, 2.45) is 0 Å². The van der Waals surface area contributed by atoms with Crippen molar-refractivity contribution in [1.82, 2.24) is 9.80 Å². The van der Waals surface area contributed by atoms with Crippen molar-refractivity contribution in [2.75, 3.05) is 32.8 Å². The molecule has 1 fully saturated rings. The second kappa shape index (κ2) is 10.2. The van der Waals surface area contributed by atoms with E-state index < -0.39 is 0 Å². The van der Waals surface area contributed by atoms with Gasteiger partial charge in [-0.05, 0) is 19.9 Å². The summed E-state index contributed by atoms with van der Waals surface area (Å²) in [6, 6.07) is 15.6. The zero-order valence-electron chi connectivity index (χ0n) is 17.4. The van der Waals surface area contributed by atoms with Gasteiger partial charge in [0.25, 0.3) is 0 Å². The van der Waals surface area contributed by atoms with Crippen molar-refractivity contribution in [2.45, 2.75) is 33.2 Å². The number of para-hydroxylation sites is 1. The lowest BCUT2D eigenvalue weighted by Crippen LogP contribution is -2.48. The van der Waals surface area contributed by atoms with Crippen LogP contribution in [0.3, 0.4) is 0 Å². The van der Waals surface area contributed by atoms with Crippen LogP contribution >= 0.6 is 0 Å². The summed E-state index contributed by atoms with van der Waals surface area (Å²) in [5, 5.41) is 0. The second-order valence-corrected chi connectivity index (χ2v) is 7.49. The van der Waals surface area contributed by atoms with Gasteiger partial charge in [-0.3, -0.25) is 14.5 Å². The number of piperazine rings is 1. The Kier molecular flexibility index (Phi) is 7.42. The maximum absolute atomic E-state index is 12.5. The highest BCUT2D eigenvalue weighted by molar-refractivity contribution is 5.98. The first-order valence-electron chi connectivity index (χ1n) is 10.4. The largest absolute Gasteiger partial charge is 0.494 e. The normalized spacial score (nSPS) is 14.6. The molecule has 154 valence electrons. The van der Waals surface area contributed by atoms with Crippen LogP contribution < -0.4 is 4.74 Å². The molecule has 0 saturated carbocycles. The molecule has 0 bridgehead atoms. The molecule has 1 heterocycles. The summed E-state index contributed by atoms with van der Waals surface area (Å²) in [5.74, 6) is 1.03. The van der Waals surface area contributed by atoms with E-state index in [1.807, 2.05) is 61.2 Å².